The molecule has 45 heavy (non-hydrogen) atoms. The second kappa shape index (κ2) is 11.8. The van der Waals surface area contributed by atoms with Gasteiger partial charge >= 0.3 is 6.18 Å². The number of rotatable bonds is 2. The molecule has 0 radical (unpaired) electrons. The molecular formula is C35H27F3O5S2. The highest BCUT2D eigenvalue weighted by atomic mass is 32.1. The Kier molecular flexibility index (Phi) is 8.41. The van der Waals surface area contributed by atoms with E-state index in [1.54, 1.807) is 60.7 Å². The van der Waals surface area contributed by atoms with E-state index in [4.69, 9.17) is 4.74 Å². The van der Waals surface area contributed by atoms with Crippen LogP contribution in [0.5, 0.6) is 5.75 Å². The van der Waals surface area contributed by atoms with Crippen LogP contribution in [0.25, 0.3) is 21.9 Å². The molecule has 0 bridgehead atoms. The average molecular weight is 649 g/mol. The molecule has 5 nitrogen and oxygen atoms in total. The Balaban J connectivity index is 0.000000523. The molecule has 2 aromatic carbocycles. The maximum Gasteiger partial charge on any atom is 0.386 e. The van der Waals surface area contributed by atoms with Crippen LogP contribution in [-0.2, 0) is 5.60 Å². The highest BCUT2D eigenvalue weighted by molar-refractivity contribution is 7.23. The summed E-state index contributed by atoms with van der Waals surface area (Å²) >= 11 is 2.94. The van der Waals surface area contributed by atoms with Crippen molar-refractivity contribution in [3.05, 3.63) is 109 Å². The number of fused-ring (bicyclic) bond motifs is 5. The van der Waals surface area contributed by atoms with E-state index < -0.39 is 11.8 Å². The molecule has 0 saturated carbocycles. The molecule has 0 N–H and O–H groups in total. The molecule has 2 aliphatic carbocycles. The molecule has 7 rings (SSSR count). The summed E-state index contributed by atoms with van der Waals surface area (Å²) in [6.07, 6.45) is -0.680. The van der Waals surface area contributed by atoms with E-state index >= 15 is 0 Å². The number of halogens is 3. The number of hydrogen-bond acceptors (Lipinski definition) is 7. The molecule has 0 fully saturated rings. The van der Waals surface area contributed by atoms with Crippen molar-refractivity contribution in [2.24, 2.45) is 0 Å². The molecule has 0 amide bonds. The van der Waals surface area contributed by atoms with E-state index in [0.29, 0.717) is 28.0 Å². The number of thiophene rings is 2. The average Bonchev–Trinajstić information content (AvgIpc) is 3.72. The SMILES string of the molecule is CC.CC(F)(F)F.CC1(C)Oc2cc(C=C3C(=O)c4ccccc4C3=O)sc2-c2sc(C=C3C(=O)c4ccccc4C3=O)cc21. The Morgan fingerprint density at radius 1 is 0.667 bits per heavy atom. The topological polar surface area (TPSA) is 77.5 Å². The first-order valence-electron chi connectivity index (χ1n) is 14.1. The number of carbonyl (C=O) groups excluding carboxylic acids is 4. The van der Waals surface area contributed by atoms with E-state index in [1.165, 1.54) is 22.7 Å². The van der Waals surface area contributed by atoms with Gasteiger partial charge in [-0.15, -0.1) is 22.7 Å². The molecule has 4 aromatic rings. The van der Waals surface area contributed by atoms with Gasteiger partial charge in [-0.3, -0.25) is 19.2 Å². The van der Waals surface area contributed by atoms with Crippen molar-refractivity contribution in [1.29, 1.82) is 0 Å². The second-order valence-corrected chi connectivity index (χ2v) is 12.8. The third-order valence-corrected chi connectivity index (χ3v) is 9.38. The summed E-state index contributed by atoms with van der Waals surface area (Å²) in [6.45, 7) is 8.13. The molecule has 10 heteroatoms. The third kappa shape index (κ3) is 6.00. The number of ether oxygens (including phenoxy) is 1. The third-order valence-electron chi connectivity index (χ3n) is 7.07. The van der Waals surface area contributed by atoms with Crippen LogP contribution in [0.3, 0.4) is 0 Å². The number of hydrogen-bond donors (Lipinski definition) is 0. The van der Waals surface area contributed by atoms with Crippen molar-refractivity contribution >= 4 is 58.0 Å². The van der Waals surface area contributed by atoms with Gasteiger partial charge in [-0.1, -0.05) is 62.4 Å². The van der Waals surface area contributed by atoms with Crippen molar-refractivity contribution in [2.45, 2.75) is 46.4 Å². The van der Waals surface area contributed by atoms with Gasteiger partial charge in [0.15, 0.2) is 23.1 Å². The van der Waals surface area contributed by atoms with Gasteiger partial charge in [0.25, 0.3) is 0 Å². The summed E-state index contributed by atoms with van der Waals surface area (Å²) in [5, 5.41) is 0. The predicted molar refractivity (Wildman–Crippen MR) is 171 cm³/mol. The Hall–Kier alpha value is -4.41. The molecule has 2 aromatic heterocycles. The zero-order valence-electron chi connectivity index (χ0n) is 24.9. The minimum Gasteiger partial charge on any atom is -0.482 e. The number of benzene rings is 2. The lowest BCUT2D eigenvalue weighted by molar-refractivity contribution is -0.110. The van der Waals surface area contributed by atoms with Gasteiger partial charge in [0.1, 0.15) is 11.4 Å². The van der Waals surface area contributed by atoms with E-state index in [1.807, 2.05) is 39.8 Å². The van der Waals surface area contributed by atoms with Crippen LogP contribution >= 0.6 is 22.7 Å². The lowest BCUT2D eigenvalue weighted by Crippen LogP contribution is -2.27. The summed E-state index contributed by atoms with van der Waals surface area (Å²) in [6, 6.07) is 17.6. The molecule has 3 aliphatic rings. The lowest BCUT2D eigenvalue weighted by atomic mass is 9.95. The molecule has 0 saturated heterocycles. The fraction of sp³-hybridized carbons (Fsp3) is 0.200. The maximum absolute atomic E-state index is 12.9. The minimum atomic E-state index is -4.00. The lowest BCUT2D eigenvalue weighted by Gasteiger charge is -2.31. The number of alkyl halides is 3. The molecular weight excluding hydrogens is 622 g/mol. The van der Waals surface area contributed by atoms with Gasteiger partial charge < -0.3 is 4.74 Å². The van der Waals surface area contributed by atoms with Gasteiger partial charge in [-0.05, 0) is 38.1 Å². The summed E-state index contributed by atoms with van der Waals surface area (Å²) in [7, 11) is 0. The van der Waals surface area contributed by atoms with Gasteiger partial charge in [-0.2, -0.15) is 13.2 Å². The van der Waals surface area contributed by atoms with E-state index in [0.717, 1.165) is 25.1 Å². The van der Waals surface area contributed by atoms with Crippen molar-refractivity contribution in [3.63, 3.8) is 0 Å². The first-order chi connectivity index (χ1) is 21.2. The molecule has 0 spiro atoms. The summed E-state index contributed by atoms with van der Waals surface area (Å²) < 4.78 is 37.4. The normalized spacial score (nSPS) is 15.6. The zero-order chi connectivity index (χ0) is 32.8. The fourth-order valence-corrected chi connectivity index (χ4v) is 7.65. The van der Waals surface area contributed by atoms with Crippen LogP contribution in [0, 0.1) is 0 Å². The largest absolute Gasteiger partial charge is 0.482 e. The molecule has 0 atom stereocenters. The van der Waals surface area contributed by atoms with Crippen LogP contribution in [0.15, 0.2) is 71.8 Å². The summed E-state index contributed by atoms with van der Waals surface area (Å²) in [4.78, 5) is 55.0. The number of allylic oxidation sites excluding steroid dienone is 2. The maximum atomic E-state index is 12.9. The quantitative estimate of drug-likeness (QED) is 0.160. The Morgan fingerprint density at radius 3 is 1.42 bits per heavy atom. The zero-order valence-corrected chi connectivity index (χ0v) is 26.6. The smallest absolute Gasteiger partial charge is 0.386 e. The standard InChI is InChI=1S/C31H18O5S2.C2H3F3.C2H6/c1-31(2)23-13-15(11-21-25(32)17-7-3-4-8-18(17)26(21)33)37-29(23)30-24(36-31)14-16(38-30)12-22-27(34)19-9-5-6-10-20(19)28(22)35;1-2(3,4)5;1-2/h3-14H,1-2H3;1H3;1-2H3. The van der Waals surface area contributed by atoms with Crippen LogP contribution in [0.1, 0.15) is 91.4 Å². The van der Waals surface area contributed by atoms with Crippen LogP contribution in [0.2, 0.25) is 0 Å². The van der Waals surface area contributed by atoms with Crippen molar-refractivity contribution in [2.75, 3.05) is 0 Å². The first-order valence-corrected chi connectivity index (χ1v) is 15.7. The molecule has 3 heterocycles. The molecule has 0 unspecified atom stereocenters. The fourth-order valence-electron chi connectivity index (χ4n) is 5.22. The van der Waals surface area contributed by atoms with Gasteiger partial charge in [0.2, 0.25) is 0 Å². The summed E-state index contributed by atoms with van der Waals surface area (Å²) in [5.74, 6) is -0.377. The number of ketones is 4. The number of Topliss-reactive ketones (excluding diaryl/α,β-unsaturated/α-hetero) is 4. The Morgan fingerprint density at radius 2 is 1.02 bits per heavy atom. The van der Waals surface area contributed by atoms with Crippen molar-refractivity contribution in [3.8, 4) is 15.5 Å². The van der Waals surface area contributed by atoms with Crippen molar-refractivity contribution in [1.82, 2.24) is 0 Å². The first kappa shape index (κ1) is 32.0. The Labute approximate surface area is 265 Å². The Bertz CT molecular complexity index is 1870. The monoisotopic (exact) mass is 648 g/mol. The van der Waals surface area contributed by atoms with Gasteiger partial charge in [-0.25, -0.2) is 0 Å². The predicted octanol–water partition coefficient (Wildman–Crippen LogP) is 9.62. The molecule has 1 aliphatic heterocycles. The van der Waals surface area contributed by atoms with Gasteiger partial charge in [0.05, 0.1) is 20.9 Å². The van der Waals surface area contributed by atoms with Crippen molar-refractivity contribution < 1.29 is 37.1 Å². The second-order valence-electron chi connectivity index (χ2n) is 10.7. The van der Waals surface area contributed by atoms with E-state index in [-0.39, 0.29) is 41.2 Å². The van der Waals surface area contributed by atoms with Crippen LogP contribution in [-0.4, -0.2) is 29.3 Å². The van der Waals surface area contributed by atoms with Crippen LogP contribution in [0.4, 0.5) is 13.2 Å². The van der Waals surface area contributed by atoms with E-state index in [2.05, 4.69) is 0 Å². The van der Waals surface area contributed by atoms with Gasteiger partial charge in [0, 0.05) is 44.5 Å². The van der Waals surface area contributed by atoms with Crippen LogP contribution < -0.4 is 4.74 Å². The summed E-state index contributed by atoms with van der Waals surface area (Å²) in [5.41, 5.74) is 2.35. The van der Waals surface area contributed by atoms with E-state index in [9.17, 15) is 32.3 Å². The highest BCUT2D eigenvalue weighted by Crippen LogP contribution is 2.53. The molecule has 230 valence electrons. The minimum absolute atomic E-state index is 0.152. The number of carbonyl (C=O) groups is 4. The highest BCUT2D eigenvalue weighted by Gasteiger charge is 2.38.